The van der Waals surface area contributed by atoms with Crippen molar-refractivity contribution in [3.8, 4) is 0 Å². The van der Waals surface area contributed by atoms with Gasteiger partial charge >= 0.3 is 12.1 Å². The molecule has 1 aromatic carbocycles. The maximum absolute atomic E-state index is 11.6. The van der Waals surface area contributed by atoms with Crippen molar-refractivity contribution in [1.29, 1.82) is 0 Å². The van der Waals surface area contributed by atoms with Crippen LogP contribution in [-0.4, -0.2) is 58.1 Å². The lowest BCUT2D eigenvalue weighted by Crippen LogP contribution is -2.36. The first kappa shape index (κ1) is 18.9. The second-order valence-electron chi connectivity index (χ2n) is 4.56. The molecule has 0 saturated carbocycles. The summed E-state index contributed by atoms with van der Waals surface area (Å²) in [6, 6.07) is 8.49. The van der Waals surface area contributed by atoms with Gasteiger partial charge < -0.3 is 31.2 Å². The van der Waals surface area contributed by atoms with E-state index in [1.54, 1.807) is 30.3 Å². The Balaban J connectivity index is 1.97. The minimum absolute atomic E-state index is 0.406. The topological polar surface area (TPSA) is 115 Å². The van der Waals surface area contributed by atoms with Gasteiger partial charge in [-0.2, -0.15) is 0 Å². The van der Waals surface area contributed by atoms with E-state index in [4.69, 9.17) is 15.2 Å². The Morgan fingerprint density at radius 3 is 2.26 bits per heavy atom. The minimum Gasteiger partial charge on any atom is -0.424 e. The fourth-order valence-corrected chi connectivity index (χ4v) is 1.63. The second kappa shape index (κ2) is 12.4. The average molecular weight is 324 g/mol. The van der Waals surface area contributed by atoms with E-state index in [2.05, 4.69) is 16.0 Å². The SMILES string of the molecule is NCCNCCNCCNC(=O)OCOC(=O)c1ccccc1. The van der Waals surface area contributed by atoms with Crippen LogP contribution in [0.1, 0.15) is 10.4 Å². The van der Waals surface area contributed by atoms with Crippen molar-refractivity contribution >= 4 is 12.1 Å². The summed E-state index contributed by atoms with van der Waals surface area (Å²) < 4.78 is 9.57. The number of hydrogen-bond acceptors (Lipinski definition) is 7. The molecule has 0 aliphatic heterocycles. The molecular weight excluding hydrogens is 300 g/mol. The number of carbonyl (C=O) groups is 2. The molecule has 0 bridgehead atoms. The monoisotopic (exact) mass is 324 g/mol. The summed E-state index contributed by atoms with van der Waals surface area (Å²) in [4.78, 5) is 22.9. The first-order valence-corrected chi connectivity index (χ1v) is 7.48. The van der Waals surface area contributed by atoms with Gasteiger partial charge in [0, 0.05) is 39.3 Å². The molecule has 0 atom stereocenters. The molecule has 8 heteroatoms. The first-order valence-electron chi connectivity index (χ1n) is 7.48. The molecule has 128 valence electrons. The normalized spacial score (nSPS) is 10.1. The Kier molecular flexibility index (Phi) is 10.2. The lowest BCUT2D eigenvalue weighted by atomic mass is 10.2. The van der Waals surface area contributed by atoms with Crippen molar-refractivity contribution in [3.63, 3.8) is 0 Å². The zero-order valence-corrected chi connectivity index (χ0v) is 13.0. The number of ether oxygens (including phenoxy) is 2. The molecule has 1 aromatic rings. The van der Waals surface area contributed by atoms with E-state index >= 15 is 0 Å². The highest BCUT2D eigenvalue weighted by Gasteiger charge is 2.07. The Bertz CT molecular complexity index is 456. The largest absolute Gasteiger partial charge is 0.424 e. The molecule has 1 rings (SSSR count). The lowest BCUT2D eigenvalue weighted by Gasteiger charge is -2.09. The van der Waals surface area contributed by atoms with Gasteiger partial charge in [0.2, 0.25) is 6.79 Å². The van der Waals surface area contributed by atoms with Crippen LogP contribution >= 0.6 is 0 Å². The number of benzene rings is 1. The zero-order valence-electron chi connectivity index (χ0n) is 13.0. The van der Waals surface area contributed by atoms with E-state index in [9.17, 15) is 9.59 Å². The zero-order chi connectivity index (χ0) is 16.8. The number of nitrogens with one attached hydrogen (secondary N) is 3. The van der Waals surface area contributed by atoms with Crippen LogP contribution in [0.15, 0.2) is 30.3 Å². The molecular formula is C15H24N4O4. The van der Waals surface area contributed by atoms with Crippen LogP contribution in [0.4, 0.5) is 4.79 Å². The highest BCUT2D eigenvalue weighted by atomic mass is 16.7. The molecule has 0 spiro atoms. The minimum atomic E-state index is -0.631. The van der Waals surface area contributed by atoms with Gasteiger partial charge in [-0.3, -0.25) is 0 Å². The molecule has 23 heavy (non-hydrogen) atoms. The molecule has 0 radical (unpaired) electrons. The lowest BCUT2D eigenvalue weighted by molar-refractivity contribution is -0.00222. The predicted molar refractivity (Wildman–Crippen MR) is 86.0 cm³/mol. The van der Waals surface area contributed by atoms with Crippen LogP contribution in [0.2, 0.25) is 0 Å². The summed E-state index contributed by atoms with van der Waals surface area (Å²) in [5, 5.41) is 8.82. The quantitative estimate of drug-likeness (QED) is 0.250. The molecule has 0 unspecified atom stereocenters. The van der Waals surface area contributed by atoms with Crippen molar-refractivity contribution in [1.82, 2.24) is 16.0 Å². The van der Waals surface area contributed by atoms with Gasteiger partial charge in [-0.1, -0.05) is 18.2 Å². The Morgan fingerprint density at radius 1 is 0.913 bits per heavy atom. The van der Waals surface area contributed by atoms with Gasteiger partial charge in [0.15, 0.2) is 0 Å². The molecule has 0 aliphatic rings. The van der Waals surface area contributed by atoms with Gasteiger partial charge in [0.05, 0.1) is 5.56 Å². The molecule has 0 saturated heterocycles. The average Bonchev–Trinajstić information content (AvgIpc) is 2.58. The number of carbonyl (C=O) groups excluding carboxylic acids is 2. The maximum Gasteiger partial charge on any atom is 0.410 e. The van der Waals surface area contributed by atoms with Crippen LogP contribution < -0.4 is 21.7 Å². The maximum atomic E-state index is 11.6. The summed E-state index contributed by atoms with van der Waals surface area (Å²) in [6.45, 7) is 3.61. The van der Waals surface area contributed by atoms with Gasteiger partial charge in [-0.25, -0.2) is 9.59 Å². The summed E-state index contributed by atoms with van der Waals surface area (Å²) in [7, 11) is 0. The molecule has 0 aromatic heterocycles. The van der Waals surface area contributed by atoms with Gasteiger partial charge in [0.1, 0.15) is 0 Å². The number of esters is 1. The number of nitrogens with two attached hydrogens (primary N) is 1. The molecule has 0 heterocycles. The van der Waals surface area contributed by atoms with Gasteiger partial charge in [-0.05, 0) is 12.1 Å². The van der Waals surface area contributed by atoms with Crippen molar-refractivity contribution < 1.29 is 19.1 Å². The first-order chi connectivity index (χ1) is 11.2. The van der Waals surface area contributed by atoms with Crippen LogP contribution in [0.3, 0.4) is 0 Å². The Labute approximate surface area is 135 Å². The summed E-state index contributed by atoms with van der Waals surface area (Å²) in [5.41, 5.74) is 5.75. The summed E-state index contributed by atoms with van der Waals surface area (Å²) in [5.74, 6) is -0.537. The van der Waals surface area contributed by atoms with E-state index in [0.29, 0.717) is 25.2 Å². The van der Waals surface area contributed by atoms with E-state index in [0.717, 1.165) is 19.6 Å². The van der Waals surface area contributed by atoms with Crippen molar-refractivity contribution in [3.05, 3.63) is 35.9 Å². The van der Waals surface area contributed by atoms with Crippen molar-refractivity contribution in [2.24, 2.45) is 5.73 Å². The molecule has 0 aliphatic carbocycles. The highest BCUT2D eigenvalue weighted by Crippen LogP contribution is 2.00. The molecule has 0 fully saturated rings. The fourth-order valence-electron chi connectivity index (χ4n) is 1.63. The highest BCUT2D eigenvalue weighted by molar-refractivity contribution is 5.89. The molecule has 1 amide bonds. The Hall–Kier alpha value is -2.16. The summed E-state index contributed by atoms with van der Waals surface area (Å²) >= 11 is 0. The predicted octanol–water partition coefficient (Wildman–Crippen LogP) is -0.335. The van der Waals surface area contributed by atoms with E-state index in [-0.39, 0.29) is 0 Å². The van der Waals surface area contributed by atoms with Crippen molar-refractivity contribution in [2.75, 3.05) is 46.1 Å². The number of rotatable bonds is 11. The van der Waals surface area contributed by atoms with Crippen LogP contribution in [0.25, 0.3) is 0 Å². The van der Waals surface area contributed by atoms with Crippen LogP contribution in [0, 0.1) is 0 Å². The second-order valence-corrected chi connectivity index (χ2v) is 4.56. The van der Waals surface area contributed by atoms with E-state index < -0.39 is 18.9 Å². The van der Waals surface area contributed by atoms with E-state index in [1.807, 2.05) is 0 Å². The van der Waals surface area contributed by atoms with Crippen LogP contribution in [0.5, 0.6) is 0 Å². The third-order valence-corrected chi connectivity index (χ3v) is 2.76. The van der Waals surface area contributed by atoms with Gasteiger partial charge in [-0.15, -0.1) is 0 Å². The number of hydrogen-bond donors (Lipinski definition) is 4. The third-order valence-electron chi connectivity index (χ3n) is 2.76. The number of alkyl carbamates (subject to hydrolysis) is 1. The molecule has 5 N–H and O–H groups in total. The standard InChI is InChI=1S/C15H24N4O4/c16-6-7-17-8-9-18-10-11-19-15(21)23-12-22-14(20)13-4-2-1-3-5-13/h1-5,17-18H,6-12,16H2,(H,19,21). The van der Waals surface area contributed by atoms with Crippen LogP contribution in [-0.2, 0) is 9.47 Å². The smallest absolute Gasteiger partial charge is 0.410 e. The van der Waals surface area contributed by atoms with Gasteiger partial charge in [0.25, 0.3) is 0 Å². The Morgan fingerprint density at radius 2 is 1.57 bits per heavy atom. The third kappa shape index (κ3) is 9.46. The van der Waals surface area contributed by atoms with Crippen molar-refractivity contribution in [2.45, 2.75) is 0 Å². The molecule has 8 nitrogen and oxygen atoms in total. The fraction of sp³-hybridized carbons (Fsp3) is 0.467. The number of amides is 1. The van der Waals surface area contributed by atoms with E-state index in [1.165, 1.54) is 0 Å². The summed E-state index contributed by atoms with van der Waals surface area (Å²) in [6.07, 6.45) is -0.631.